The van der Waals surface area contributed by atoms with Crippen LogP contribution in [0.3, 0.4) is 0 Å². The van der Waals surface area contributed by atoms with E-state index in [-0.39, 0.29) is 0 Å². The predicted molar refractivity (Wildman–Crippen MR) is 148 cm³/mol. The van der Waals surface area contributed by atoms with E-state index >= 15 is 0 Å². The highest BCUT2D eigenvalue weighted by atomic mass is 32.1. The molecule has 0 N–H and O–H groups in total. The van der Waals surface area contributed by atoms with Crippen LogP contribution in [0.2, 0.25) is 0 Å². The molecule has 0 radical (unpaired) electrons. The fraction of sp³-hybridized carbons (Fsp3) is 0.226. The van der Waals surface area contributed by atoms with E-state index in [1.165, 1.54) is 27.0 Å². The minimum atomic E-state index is 0.459. The summed E-state index contributed by atoms with van der Waals surface area (Å²) in [5.41, 5.74) is 8.58. The first kappa shape index (κ1) is 22.0. The van der Waals surface area contributed by atoms with Gasteiger partial charge in [0, 0.05) is 32.3 Å². The van der Waals surface area contributed by atoms with Gasteiger partial charge in [-0.25, -0.2) is 9.97 Å². The van der Waals surface area contributed by atoms with Crippen molar-refractivity contribution in [2.24, 2.45) is 0 Å². The number of pyridine rings is 2. The first-order valence-electron chi connectivity index (χ1n) is 12.2. The highest BCUT2D eigenvalue weighted by Crippen LogP contribution is 2.42. The fourth-order valence-electron chi connectivity index (χ4n) is 5.00. The van der Waals surface area contributed by atoms with Gasteiger partial charge in [-0.15, -0.1) is 11.3 Å². The third-order valence-corrected chi connectivity index (χ3v) is 7.84. The van der Waals surface area contributed by atoms with Gasteiger partial charge >= 0.3 is 0 Å². The number of aromatic nitrogens is 2. The summed E-state index contributed by atoms with van der Waals surface area (Å²) in [5, 5.41) is 3.29. The monoisotopic (exact) mass is 476 g/mol. The lowest BCUT2D eigenvalue weighted by Gasteiger charge is -2.18. The molecule has 0 fully saturated rings. The van der Waals surface area contributed by atoms with Gasteiger partial charge in [0.1, 0.15) is 10.4 Å². The molecule has 3 nitrogen and oxygen atoms in total. The molecule has 0 unspecified atom stereocenters. The van der Waals surface area contributed by atoms with Crippen molar-refractivity contribution in [2.45, 2.75) is 46.5 Å². The third-order valence-electron chi connectivity index (χ3n) is 6.78. The Labute approximate surface area is 209 Å². The van der Waals surface area contributed by atoms with Gasteiger partial charge < -0.3 is 4.42 Å². The van der Waals surface area contributed by atoms with Crippen LogP contribution in [0.5, 0.6) is 0 Å². The summed E-state index contributed by atoms with van der Waals surface area (Å²) >= 11 is 1.78. The van der Waals surface area contributed by atoms with Crippen LogP contribution in [0.1, 0.15) is 56.4 Å². The van der Waals surface area contributed by atoms with Gasteiger partial charge in [-0.05, 0) is 71.8 Å². The molecule has 0 atom stereocenters. The Morgan fingerprint density at radius 1 is 0.771 bits per heavy atom. The topological polar surface area (TPSA) is 38.9 Å². The fourth-order valence-corrected chi connectivity index (χ4v) is 6.12. The molecule has 6 aromatic rings. The number of rotatable bonds is 4. The first-order chi connectivity index (χ1) is 16.9. The van der Waals surface area contributed by atoms with Crippen LogP contribution in [0.25, 0.3) is 54.0 Å². The standard InChI is InChI=1S/C31H28N2OS/c1-17(2)21-8-6-9-22(18(3)4)28(21)27-16-20-13-15-26(33-31(20)35-27)25-11-7-10-23-24-14-12-19(5)32-30(24)34-29(23)25/h6-18H,1-5H3. The zero-order valence-electron chi connectivity index (χ0n) is 20.7. The summed E-state index contributed by atoms with van der Waals surface area (Å²) in [6, 6.07) is 23.7. The molecule has 0 aliphatic heterocycles. The van der Waals surface area contributed by atoms with Gasteiger partial charge in [0.2, 0.25) is 5.71 Å². The molecule has 0 aliphatic rings. The zero-order valence-corrected chi connectivity index (χ0v) is 21.5. The van der Waals surface area contributed by atoms with Crippen molar-refractivity contribution >= 4 is 43.6 Å². The van der Waals surface area contributed by atoms with Crippen LogP contribution >= 0.6 is 11.3 Å². The highest BCUT2D eigenvalue weighted by Gasteiger charge is 2.19. The second kappa shape index (κ2) is 8.31. The van der Waals surface area contributed by atoms with Crippen LogP contribution < -0.4 is 0 Å². The van der Waals surface area contributed by atoms with E-state index in [1.807, 2.05) is 13.0 Å². The van der Waals surface area contributed by atoms with E-state index in [1.54, 1.807) is 11.3 Å². The van der Waals surface area contributed by atoms with Gasteiger partial charge in [0.15, 0.2) is 0 Å². The Morgan fingerprint density at radius 3 is 2.26 bits per heavy atom. The Hall–Kier alpha value is -3.50. The average Bonchev–Trinajstić information content (AvgIpc) is 3.43. The quantitative estimate of drug-likeness (QED) is 0.254. The van der Waals surface area contributed by atoms with Crippen LogP contribution in [-0.2, 0) is 0 Å². The Kier molecular flexibility index (Phi) is 5.23. The van der Waals surface area contributed by atoms with E-state index < -0.39 is 0 Å². The second-order valence-corrected chi connectivity index (χ2v) is 10.9. The van der Waals surface area contributed by atoms with E-state index in [0.29, 0.717) is 17.5 Å². The number of fused-ring (bicyclic) bond motifs is 4. The van der Waals surface area contributed by atoms with Crippen molar-refractivity contribution in [3.05, 3.63) is 83.6 Å². The van der Waals surface area contributed by atoms with E-state index in [4.69, 9.17) is 9.40 Å². The molecular formula is C31H28N2OS. The molecule has 0 bridgehead atoms. The van der Waals surface area contributed by atoms with Gasteiger partial charge in [-0.3, -0.25) is 0 Å². The second-order valence-electron chi connectivity index (χ2n) is 9.91. The number of para-hydroxylation sites is 1. The number of nitrogens with zero attached hydrogens (tertiary/aromatic N) is 2. The largest absolute Gasteiger partial charge is 0.437 e. The lowest BCUT2D eigenvalue weighted by molar-refractivity contribution is 0.653. The van der Waals surface area contributed by atoms with Gasteiger partial charge in [-0.1, -0.05) is 58.0 Å². The smallest absolute Gasteiger partial charge is 0.227 e. The molecule has 35 heavy (non-hydrogen) atoms. The maximum Gasteiger partial charge on any atom is 0.227 e. The number of hydrogen-bond acceptors (Lipinski definition) is 4. The first-order valence-corrected chi connectivity index (χ1v) is 13.1. The molecule has 6 rings (SSSR count). The number of benzene rings is 2. The lowest BCUT2D eigenvalue weighted by atomic mass is 9.88. The molecule has 0 amide bonds. The Morgan fingerprint density at radius 2 is 1.51 bits per heavy atom. The van der Waals surface area contributed by atoms with Crippen LogP contribution in [0, 0.1) is 6.92 Å². The normalized spacial score (nSPS) is 12.1. The third kappa shape index (κ3) is 3.64. The molecule has 4 heterocycles. The molecule has 4 heteroatoms. The van der Waals surface area contributed by atoms with Crippen molar-refractivity contribution in [2.75, 3.05) is 0 Å². The van der Waals surface area contributed by atoms with Crippen LogP contribution in [0.4, 0.5) is 0 Å². The highest BCUT2D eigenvalue weighted by molar-refractivity contribution is 7.21. The molecule has 4 aromatic heterocycles. The Bertz CT molecular complexity index is 1700. The van der Waals surface area contributed by atoms with Gasteiger partial charge in [0.05, 0.1) is 5.69 Å². The summed E-state index contributed by atoms with van der Waals surface area (Å²) in [5.74, 6) is 0.917. The summed E-state index contributed by atoms with van der Waals surface area (Å²) < 4.78 is 6.24. The van der Waals surface area contributed by atoms with Crippen molar-refractivity contribution in [1.29, 1.82) is 0 Å². The SMILES string of the molecule is Cc1ccc2c(n1)oc1c(-c3ccc4cc(-c5c(C(C)C)cccc5C(C)C)sc4n3)cccc12. The summed E-state index contributed by atoms with van der Waals surface area (Å²) in [7, 11) is 0. The van der Waals surface area contributed by atoms with Gasteiger partial charge in [0.25, 0.3) is 0 Å². The predicted octanol–water partition coefficient (Wildman–Crippen LogP) is 9.48. The van der Waals surface area contributed by atoms with Crippen LogP contribution in [0.15, 0.2) is 71.1 Å². The zero-order chi connectivity index (χ0) is 24.3. The molecule has 0 aliphatic carbocycles. The van der Waals surface area contributed by atoms with E-state index in [9.17, 15) is 0 Å². The number of hydrogen-bond donors (Lipinski definition) is 0. The summed E-state index contributed by atoms with van der Waals surface area (Å²) in [6.45, 7) is 11.1. The Balaban J connectivity index is 1.53. The number of furan rings is 1. The average molecular weight is 477 g/mol. The number of aryl methyl sites for hydroxylation is 1. The summed E-state index contributed by atoms with van der Waals surface area (Å²) in [6.07, 6.45) is 0. The number of thiophene rings is 1. The molecule has 0 spiro atoms. The minimum absolute atomic E-state index is 0.459. The molecule has 2 aromatic carbocycles. The molecule has 174 valence electrons. The maximum atomic E-state index is 6.24. The summed E-state index contributed by atoms with van der Waals surface area (Å²) in [4.78, 5) is 12.1. The molecule has 0 saturated carbocycles. The van der Waals surface area contributed by atoms with Gasteiger partial charge in [-0.2, -0.15) is 0 Å². The van der Waals surface area contributed by atoms with Crippen molar-refractivity contribution in [1.82, 2.24) is 9.97 Å². The van der Waals surface area contributed by atoms with Crippen molar-refractivity contribution in [3.63, 3.8) is 0 Å². The van der Waals surface area contributed by atoms with E-state index in [0.717, 1.165) is 38.1 Å². The minimum Gasteiger partial charge on any atom is -0.437 e. The van der Waals surface area contributed by atoms with Crippen molar-refractivity contribution < 1.29 is 4.42 Å². The molecule has 0 saturated heterocycles. The van der Waals surface area contributed by atoms with E-state index in [2.05, 4.69) is 93.3 Å². The maximum absolute atomic E-state index is 6.24. The molecular weight excluding hydrogens is 448 g/mol. The van der Waals surface area contributed by atoms with Crippen molar-refractivity contribution in [3.8, 4) is 21.7 Å². The van der Waals surface area contributed by atoms with Crippen LogP contribution in [-0.4, -0.2) is 9.97 Å². The lowest BCUT2D eigenvalue weighted by Crippen LogP contribution is -1.98.